The van der Waals surface area contributed by atoms with Gasteiger partial charge in [-0.25, -0.2) is 0 Å². The van der Waals surface area contributed by atoms with Crippen LogP contribution in [0.5, 0.6) is 17.2 Å². The lowest BCUT2D eigenvalue weighted by molar-refractivity contribution is -0.125. The van der Waals surface area contributed by atoms with E-state index in [1.165, 1.54) is 6.21 Å². The molecule has 2 aromatic carbocycles. The second-order valence-electron chi connectivity index (χ2n) is 5.44. The molecule has 7 nitrogen and oxygen atoms in total. The maximum atomic E-state index is 11.9. The van der Waals surface area contributed by atoms with Crippen molar-refractivity contribution in [1.82, 2.24) is 5.32 Å². The van der Waals surface area contributed by atoms with Crippen LogP contribution >= 0.6 is 0 Å². The molecule has 7 heteroatoms. The van der Waals surface area contributed by atoms with E-state index in [1.807, 2.05) is 37.3 Å². The van der Waals surface area contributed by atoms with E-state index in [4.69, 9.17) is 19.0 Å². The normalized spacial score (nSPS) is 10.5. The van der Waals surface area contributed by atoms with Gasteiger partial charge >= 0.3 is 0 Å². The van der Waals surface area contributed by atoms with E-state index in [-0.39, 0.29) is 12.5 Å². The molecule has 0 aliphatic heterocycles. The van der Waals surface area contributed by atoms with Gasteiger partial charge in [-0.15, -0.1) is 0 Å². The minimum absolute atomic E-state index is 0.181. The molecule has 0 bridgehead atoms. The Bertz CT molecular complexity index is 777. The van der Waals surface area contributed by atoms with Crippen LogP contribution in [0.4, 0.5) is 0 Å². The topological polar surface area (TPSA) is 78.4 Å². The van der Waals surface area contributed by atoms with Crippen molar-refractivity contribution in [2.75, 3.05) is 27.4 Å². The van der Waals surface area contributed by atoms with Crippen molar-refractivity contribution in [2.24, 2.45) is 5.16 Å². The van der Waals surface area contributed by atoms with Crippen LogP contribution in [0.15, 0.2) is 47.6 Å². The first-order chi connectivity index (χ1) is 13.2. The van der Waals surface area contributed by atoms with Crippen molar-refractivity contribution < 1.29 is 23.8 Å². The molecule has 2 aromatic rings. The smallest absolute Gasteiger partial charge is 0.261 e. The average molecular weight is 372 g/mol. The van der Waals surface area contributed by atoms with Crippen molar-refractivity contribution in [3.8, 4) is 17.2 Å². The standard InChI is InChI=1S/C20H24N2O5/c1-4-26-18-10-9-15(11-19(18)25-3)12-22-27-14-20(23)21-13-16-7-5-6-8-17(16)24-2/h5-12H,4,13-14H2,1-3H3,(H,21,23)/b22-12-. The fourth-order valence-electron chi connectivity index (χ4n) is 2.33. The molecule has 0 heterocycles. The number of rotatable bonds is 10. The molecule has 0 aliphatic rings. The number of nitrogens with zero attached hydrogens (tertiary/aromatic N) is 1. The van der Waals surface area contributed by atoms with E-state index in [2.05, 4.69) is 10.5 Å². The summed E-state index contributed by atoms with van der Waals surface area (Å²) in [7, 11) is 3.16. The summed E-state index contributed by atoms with van der Waals surface area (Å²) in [6.07, 6.45) is 1.51. The van der Waals surface area contributed by atoms with E-state index in [9.17, 15) is 4.79 Å². The highest BCUT2D eigenvalue weighted by Gasteiger charge is 2.06. The van der Waals surface area contributed by atoms with Crippen LogP contribution in [-0.2, 0) is 16.2 Å². The predicted octanol–water partition coefficient (Wildman–Crippen LogP) is 2.77. The Morgan fingerprint density at radius 1 is 1.07 bits per heavy atom. The lowest BCUT2D eigenvalue weighted by atomic mass is 10.2. The van der Waals surface area contributed by atoms with Gasteiger partial charge < -0.3 is 24.4 Å². The summed E-state index contributed by atoms with van der Waals surface area (Å²) in [5.74, 6) is 1.72. The zero-order valence-corrected chi connectivity index (χ0v) is 15.7. The SMILES string of the molecule is CCOc1ccc(/C=N\OCC(=O)NCc2ccccc2OC)cc1OC. The molecular formula is C20H24N2O5. The van der Waals surface area contributed by atoms with Gasteiger partial charge in [-0.1, -0.05) is 23.4 Å². The molecule has 2 rings (SSSR count). The number of hydrogen-bond acceptors (Lipinski definition) is 6. The predicted molar refractivity (Wildman–Crippen MR) is 103 cm³/mol. The van der Waals surface area contributed by atoms with Crippen molar-refractivity contribution in [2.45, 2.75) is 13.5 Å². The van der Waals surface area contributed by atoms with Crippen LogP contribution < -0.4 is 19.5 Å². The van der Waals surface area contributed by atoms with Crippen LogP contribution in [0.3, 0.4) is 0 Å². The number of ether oxygens (including phenoxy) is 3. The third-order valence-corrected chi connectivity index (χ3v) is 3.63. The van der Waals surface area contributed by atoms with Gasteiger partial charge in [0.1, 0.15) is 5.75 Å². The third-order valence-electron chi connectivity index (χ3n) is 3.63. The Morgan fingerprint density at radius 3 is 2.59 bits per heavy atom. The molecule has 27 heavy (non-hydrogen) atoms. The number of benzene rings is 2. The molecule has 1 amide bonds. The highest BCUT2D eigenvalue weighted by molar-refractivity contribution is 5.81. The summed E-state index contributed by atoms with van der Waals surface area (Å²) in [6, 6.07) is 12.9. The molecule has 0 spiro atoms. The van der Waals surface area contributed by atoms with Crippen LogP contribution in [0.2, 0.25) is 0 Å². The minimum atomic E-state index is -0.276. The van der Waals surface area contributed by atoms with Gasteiger partial charge in [0.25, 0.3) is 5.91 Å². The van der Waals surface area contributed by atoms with Gasteiger partial charge in [0.2, 0.25) is 0 Å². The van der Waals surface area contributed by atoms with Crippen molar-refractivity contribution in [1.29, 1.82) is 0 Å². The Hall–Kier alpha value is -3.22. The number of amides is 1. The minimum Gasteiger partial charge on any atom is -0.496 e. The molecule has 0 saturated carbocycles. The van der Waals surface area contributed by atoms with Gasteiger partial charge in [0.15, 0.2) is 18.1 Å². The third kappa shape index (κ3) is 6.22. The zero-order valence-electron chi connectivity index (χ0n) is 15.7. The quantitative estimate of drug-likeness (QED) is 0.512. The first-order valence-corrected chi connectivity index (χ1v) is 8.52. The Morgan fingerprint density at radius 2 is 1.85 bits per heavy atom. The second kappa shape index (κ2) is 10.7. The van der Waals surface area contributed by atoms with Gasteiger partial charge in [-0.2, -0.15) is 0 Å². The molecule has 0 aromatic heterocycles. The lowest BCUT2D eigenvalue weighted by Crippen LogP contribution is -2.26. The van der Waals surface area contributed by atoms with E-state index < -0.39 is 0 Å². The molecule has 0 unspecified atom stereocenters. The van der Waals surface area contributed by atoms with Crippen LogP contribution in [0.25, 0.3) is 0 Å². The second-order valence-corrected chi connectivity index (χ2v) is 5.44. The molecule has 0 fully saturated rings. The van der Waals surface area contributed by atoms with E-state index in [1.54, 1.807) is 26.4 Å². The summed E-state index contributed by atoms with van der Waals surface area (Å²) in [5, 5.41) is 6.57. The highest BCUT2D eigenvalue weighted by Crippen LogP contribution is 2.27. The van der Waals surface area contributed by atoms with E-state index >= 15 is 0 Å². The van der Waals surface area contributed by atoms with Crippen LogP contribution in [0, 0.1) is 0 Å². The molecule has 144 valence electrons. The zero-order chi connectivity index (χ0) is 19.5. The van der Waals surface area contributed by atoms with Gasteiger partial charge in [-0.05, 0) is 31.2 Å². The number of carbonyl (C=O) groups excluding carboxylic acids is 1. The summed E-state index contributed by atoms with van der Waals surface area (Å²) in [4.78, 5) is 16.9. The maximum absolute atomic E-state index is 11.9. The Kier molecular flexibility index (Phi) is 7.96. The van der Waals surface area contributed by atoms with Crippen LogP contribution in [0.1, 0.15) is 18.1 Å². The number of nitrogens with one attached hydrogen (secondary N) is 1. The summed E-state index contributed by atoms with van der Waals surface area (Å²) < 4.78 is 16.0. The number of carbonyl (C=O) groups is 1. The van der Waals surface area contributed by atoms with E-state index in [0.717, 1.165) is 16.9 Å². The number of hydrogen-bond donors (Lipinski definition) is 1. The van der Waals surface area contributed by atoms with Crippen LogP contribution in [-0.4, -0.2) is 39.6 Å². The highest BCUT2D eigenvalue weighted by atomic mass is 16.6. The van der Waals surface area contributed by atoms with E-state index in [0.29, 0.717) is 24.7 Å². The first kappa shape index (κ1) is 20.1. The van der Waals surface area contributed by atoms with Gasteiger partial charge in [-0.3, -0.25) is 4.79 Å². The summed E-state index contributed by atoms with van der Waals surface area (Å²) in [6.45, 7) is 2.63. The molecule has 0 atom stereocenters. The number of methoxy groups -OCH3 is 2. The molecule has 1 N–H and O–H groups in total. The van der Waals surface area contributed by atoms with Crippen molar-refractivity contribution in [3.63, 3.8) is 0 Å². The Labute approximate surface area is 158 Å². The fraction of sp³-hybridized carbons (Fsp3) is 0.300. The summed E-state index contributed by atoms with van der Waals surface area (Å²) >= 11 is 0. The van der Waals surface area contributed by atoms with Gasteiger partial charge in [0.05, 0.1) is 27.0 Å². The monoisotopic (exact) mass is 372 g/mol. The molecule has 0 saturated heterocycles. The number of oxime groups is 1. The first-order valence-electron chi connectivity index (χ1n) is 8.52. The van der Waals surface area contributed by atoms with Crippen molar-refractivity contribution >= 4 is 12.1 Å². The molecule has 0 radical (unpaired) electrons. The van der Waals surface area contributed by atoms with Gasteiger partial charge in [0, 0.05) is 17.7 Å². The average Bonchev–Trinajstić information content (AvgIpc) is 2.70. The fourth-order valence-corrected chi connectivity index (χ4v) is 2.33. The maximum Gasteiger partial charge on any atom is 0.261 e. The lowest BCUT2D eigenvalue weighted by Gasteiger charge is -2.09. The Balaban J connectivity index is 1.80. The molecular weight excluding hydrogens is 348 g/mol. The molecule has 0 aliphatic carbocycles. The summed E-state index contributed by atoms with van der Waals surface area (Å²) in [5.41, 5.74) is 1.66. The van der Waals surface area contributed by atoms with Crippen molar-refractivity contribution in [3.05, 3.63) is 53.6 Å². The number of para-hydroxylation sites is 1. The largest absolute Gasteiger partial charge is 0.496 e.